The van der Waals surface area contributed by atoms with Gasteiger partial charge in [0.25, 0.3) is 0 Å². The van der Waals surface area contributed by atoms with Crippen molar-refractivity contribution in [1.29, 1.82) is 0 Å². The van der Waals surface area contributed by atoms with E-state index in [9.17, 15) is 32.7 Å². The molecule has 0 radical (unpaired) electrons. The SMILES string of the molecule is O=C(NCC(C(=O)N1CSC[C@H]1C(=O)O)C(F)(F)F)OCC1c2ccccc2-c2ccccc21. The second-order valence-electron chi connectivity index (χ2n) is 7.96. The number of nitrogens with zero attached hydrogens (tertiary/aromatic N) is 1. The van der Waals surface area contributed by atoms with Crippen LogP contribution in [0.1, 0.15) is 17.0 Å². The lowest BCUT2D eigenvalue weighted by Crippen LogP contribution is -2.51. The van der Waals surface area contributed by atoms with E-state index in [4.69, 9.17) is 4.74 Å². The Hall–Kier alpha value is -3.21. The summed E-state index contributed by atoms with van der Waals surface area (Å²) < 4.78 is 45.9. The fraction of sp³-hybridized carbons (Fsp3) is 0.348. The number of hydrogen-bond acceptors (Lipinski definition) is 5. The number of carboxylic acid groups (broad SMARTS) is 1. The second-order valence-corrected chi connectivity index (χ2v) is 8.96. The normalized spacial score (nSPS) is 18.2. The van der Waals surface area contributed by atoms with E-state index in [0.29, 0.717) is 4.90 Å². The van der Waals surface area contributed by atoms with Crippen LogP contribution in [0.4, 0.5) is 18.0 Å². The Morgan fingerprint density at radius 2 is 1.68 bits per heavy atom. The van der Waals surface area contributed by atoms with Crippen molar-refractivity contribution in [3.8, 4) is 11.1 Å². The molecule has 180 valence electrons. The van der Waals surface area contributed by atoms with Crippen molar-refractivity contribution < 1.29 is 37.4 Å². The van der Waals surface area contributed by atoms with Crippen LogP contribution in [0, 0.1) is 5.92 Å². The summed E-state index contributed by atoms with van der Waals surface area (Å²) in [6.07, 6.45) is -6.06. The number of carbonyl (C=O) groups is 3. The van der Waals surface area contributed by atoms with Crippen molar-refractivity contribution in [2.24, 2.45) is 5.92 Å². The molecule has 1 fully saturated rings. The maximum atomic E-state index is 13.6. The zero-order valence-corrected chi connectivity index (χ0v) is 18.6. The van der Waals surface area contributed by atoms with E-state index in [-0.39, 0.29) is 24.2 Å². The molecule has 1 saturated heterocycles. The molecular weight excluding hydrogens is 473 g/mol. The molecular formula is C23H21F3N2O5S. The van der Waals surface area contributed by atoms with Crippen LogP contribution in [0.15, 0.2) is 48.5 Å². The van der Waals surface area contributed by atoms with Crippen molar-refractivity contribution in [2.75, 3.05) is 24.8 Å². The topological polar surface area (TPSA) is 95.9 Å². The zero-order chi connectivity index (χ0) is 24.5. The fourth-order valence-corrected chi connectivity index (χ4v) is 5.40. The number of rotatable bonds is 6. The first-order valence-corrected chi connectivity index (χ1v) is 11.6. The van der Waals surface area contributed by atoms with Gasteiger partial charge >= 0.3 is 18.2 Å². The van der Waals surface area contributed by atoms with Crippen LogP contribution in [0.5, 0.6) is 0 Å². The molecule has 1 unspecified atom stereocenters. The Kier molecular flexibility index (Phi) is 6.74. The van der Waals surface area contributed by atoms with E-state index in [0.717, 1.165) is 34.0 Å². The first-order chi connectivity index (χ1) is 16.2. The Bertz CT molecular complexity index is 1060. The van der Waals surface area contributed by atoms with Gasteiger partial charge in [0.1, 0.15) is 12.6 Å². The highest BCUT2D eigenvalue weighted by atomic mass is 32.2. The van der Waals surface area contributed by atoms with Gasteiger partial charge in [-0.25, -0.2) is 9.59 Å². The van der Waals surface area contributed by atoms with Crippen molar-refractivity contribution in [3.63, 3.8) is 0 Å². The number of carbonyl (C=O) groups excluding carboxylic acids is 2. The Balaban J connectivity index is 1.40. The number of aliphatic carboxylic acids is 1. The molecule has 7 nitrogen and oxygen atoms in total. The highest BCUT2D eigenvalue weighted by Crippen LogP contribution is 2.44. The summed E-state index contributed by atoms with van der Waals surface area (Å²) in [6.45, 7) is -1.14. The van der Waals surface area contributed by atoms with E-state index in [1.807, 2.05) is 53.8 Å². The lowest BCUT2D eigenvalue weighted by atomic mass is 9.98. The van der Waals surface area contributed by atoms with Gasteiger partial charge in [-0.1, -0.05) is 48.5 Å². The van der Waals surface area contributed by atoms with Gasteiger partial charge in [0.15, 0.2) is 5.92 Å². The third-order valence-corrected chi connectivity index (χ3v) is 6.95. The molecule has 1 aliphatic carbocycles. The van der Waals surface area contributed by atoms with Crippen LogP contribution >= 0.6 is 11.8 Å². The minimum Gasteiger partial charge on any atom is -0.480 e. The number of benzene rings is 2. The molecule has 11 heteroatoms. The van der Waals surface area contributed by atoms with Crippen LogP contribution in [0.2, 0.25) is 0 Å². The van der Waals surface area contributed by atoms with Gasteiger partial charge in [-0.3, -0.25) is 4.79 Å². The van der Waals surface area contributed by atoms with Crippen LogP contribution < -0.4 is 5.32 Å². The number of ether oxygens (including phenoxy) is 1. The molecule has 0 saturated carbocycles. The monoisotopic (exact) mass is 494 g/mol. The number of amides is 2. The standard InChI is InChI=1S/C23H21F3N2O5S/c24-23(25,26)18(20(29)28-12-34-11-19(28)21(30)31)9-27-22(32)33-10-17-15-7-3-1-5-13(15)14-6-2-4-8-16(14)17/h1-8,17-19H,9-12H2,(H,27,32)(H,30,31)/t18?,19-/m0/s1. The van der Waals surface area contributed by atoms with Crippen LogP contribution in [-0.4, -0.2) is 65.0 Å². The molecule has 1 heterocycles. The molecule has 2 aliphatic rings. The van der Waals surface area contributed by atoms with Crippen LogP contribution in [0.3, 0.4) is 0 Å². The number of halogens is 3. The molecule has 2 atom stereocenters. The van der Waals surface area contributed by atoms with Gasteiger partial charge in [-0.15, -0.1) is 11.8 Å². The molecule has 2 aromatic carbocycles. The van der Waals surface area contributed by atoms with Gasteiger partial charge in [-0.05, 0) is 22.3 Å². The second kappa shape index (κ2) is 9.57. The number of alkyl halides is 3. The van der Waals surface area contributed by atoms with Crippen molar-refractivity contribution in [2.45, 2.75) is 18.1 Å². The Morgan fingerprint density at radius 1 is 1.09 bits per heavy atom. The summed E-state index contributed by atoms with van der Waals surface area (Å²) >= 11 is 1.06. The quantitative estimate of drug-likeness (QED) is 0.636. The molecule has 4 rings (SSSR count). The van der Waals surface area contributed by atoms with Crippen LogP contribution in [0.25, 0.3) is 11.1 Å². The summed E-state index contributed by atoms with van der Waals surface area (Å²) in [5.41, 5.74) is 3.91. The first-order valence-electron chi connectivity index (χ1n) is 10.4. The summed E-state index contributed by atoms with van der Waals surface area (Å²) in [6, 6.07) is 13.9. The number of alkyl carbamates (subject to hydrolysis) is 1. The van der Waals surface area contributed by atoms with Gasteiger partial charge in [0, 0.05) is 18.2 Å². The van der Waals surface area contributed by atoms with Crippen LogP contribution in [-0.2, 0) is 14.3 Å². The van der Waals surface area contributed by atoms with Gasteiger partial charge in [0.05, 0.1) is 5.88 Å². The van der Waals surface area contributed by atoms with E-state index in [1.165, 1.54) is 0 Å². The lowest BCUT2D eigenvalue weighted by molar-refractivity contribution is -0.189. The summed E-state index contributed by atoms with van der Waals surface area (Å²) in [5.74, 6) is -5.75. The molecule has 0 spiro atoms. The molecule has 0 aromatic heterocycles. The summed E-state index contributed by atoms with van der Waals surface area (Å²) in [4.78, 5) is 36.7. The van der Waals surface area contributed by atoms with E-state index >= 15 is 0 Å². The fourth-order valence-electron chi connectivity index (χ4n) is 4.24. The minimum absolute atomic E-state index is 0.00541. The average Bonchev–Trinajstić information content (AvgIpc) is 3.40. The lowest BCUT2D eigenvalue weighted by Gasteiger charge is -2.27. The number of thioether (sulfide) groups is 1. The summed E-state index contributed by atoms with van der Waals surface area (Å²) in [7, 11) is 0. The third kappa shape index (κ3) is 4.70. The van der Waals surface area contributed by atoms with Crippen molar-refractivity contribution >= 4 is 29.7 Å². The highest BCUT2D eigenvalue weighted by Gasteiger charge is 2.49. The first kappa shape index (κ1) is 23.9. The van der Waals surface area contributed by atoms with E-state index in [1.54, 1.807) is 0 Å². The maximum Gasteiger partial charge on any atom is 0.407 e. The number of nitrogens with one attached hydrogen (secondary N) is 1. The smallest absolute Gasteiger partial charge is 0.407 e. The molecule has 0 bridgehead atoms. The molecule has 2 aromatic rings. The van der Waals surface area contributed by atoms with Crippen molar-refractivity contribution in [3.05, 3.63) is 59.7 Å². The molecule has 34 heavy (non-hydrogen) atoms. The third-order valence-electron chi connectivity index (χ3n) is 5.94. The zero-order valence-electron chi connectivity index (χ0n) is 17.7. The van der Waals surface area contributed by atoms with E-state index in [2.05, 4.69) is 0 Å². The molecule has 1 aliphatic heterocycles. The summed E-state index contributed by atoms with van der Waals surface area (Å²) in [5, 5.41) is 11.2. The highest BCUT2D eigenvalue weighted by molar-refractivity contribution is 7.99. The predicted octanol–water partition coefficient (Wildman–Crippen LogP) is 3.69. The number of fused-ring (bicyclic) bond motifs is 3. The Labute approximate surface area is 197 Å². The van der Waals surface area contributed by atoms with Gasteiger partial charge in [0.2, 0.25) is 5.91 Å². The average molecular weight is 494 g/mol. The molecule has 2 amide bonds. The van der Waals surface area contributed by atoms with Gasteiger partial charge in [-0.2, -0.15) is 13.2 Å². The number of hydrogen-bond donors (Lipinski definition) is 2. The predicted molar refractivity (Wildman–Crippen MR) is 118 cm³/mol. The van der Waals surface area contributed by atoms with Gasteiger partial charge < -0.3 is 20.1 Å². The van der Waals surface area contributed by atoms with E-state index < -0.39 is 42.7 Å². The molecule has 2 N–H and O–H groups in total. The Morgan fingerprint density at radius 3 is 2.24 bits per heavy atom. The van der Waals surface area contributed by atoms with Crippen molar-refractivity contribution in [1.82, 2.24) is 10.2 Å². The minimum atomic E-state index is -4.97. The maximum absolute atomic E-state index is 13.6. The largest absolute Gasteiger partial charge is 0.480 e. The number of carboxylic acids is 1.